The van der Waals surface area contributed by atoms with Gasteiger partial charge in [0.15, 0.2) is 5.96 Å². The molecule has 0 aliphatic carbocycles. The second-order valence-corrected chi connectivity index (χ2v) is 7.69. The fraction of sp³-hybridized carbons (Fsp3) is 0.636. The zero-order chi connectivity index (χ0) is 19.8. The highest BCUT2D eigenvalue weighted by atomic mass is 16.5. The van der Waals surface area contributed by atoms with Crippen molar-refractivity contribution in [1.82, 2.24) is 15.1 Å². The third-order valence-electron chi connectivity index (χ3n) is 5.85. The maximum absolute atomic E-state index is 11.9. The lowest BCUT2D eigenvalue weighted by molar-refractivity contribution is -0.149. The summed E-state index contributed by atoms with van der Waals surface area (Å²) in [5.74, 6) is 0.937. The van der Waals surface area contributed by atoms with Crippen molar-refractivity contribution in [2.75, 3.05) is 39.8 Å². The Morgan fingerprint density at radius 1 is 1.18 bits per heavy atom. The van der Waals surface area contributed by atoms with E-state index in [1.54, 1.807) is 0 Å². The second-order valence-electron chi connectivity index (χ2n) is 7.69. The quantitative estimate of drug-likeness (QED) is 0.462. The molecular weight excluding hydrogens is 352 g/mol. The van der Waals surface area contributed by atoms with Crippen LogP contribution in [0.5, 0.6) is 0 Å². The molecule has 0 saturated carbocycles. The van der Waals surface area contributed by atoms with Crippen LogP contribution in [0.15, 0.2) is 35.3 Å². The number of rotatable bonds is 6. The number of guanidine groups is 1. The summed E-state index contributed by atoms with van der Waals surface area (Å²) < 4.78 is 5.17. The Labute approximate surface area is 168 Å². The molecule has 28 heavy (non-hydrogen) atoms. The summed E-state index contributed by atoms with van der Waals surface area (Å²) in [7, 11) is 1.84. The summed E-state index contributed by atoms with van der Waals surface area (Å²) in [5, 5.41) is 3.58. The fourth-order valence-electron chi connectivity index (χ4n) is 4.28. The minimum Gasteiger partial charge on any atom is -0.466 e. The molecule has 0 bridgehead atoms. The Bertz CT molecular complexity index is 641. The number of piperidine rings is 1. The van der Waals surface area contributed by atoms with Gasteiger partial charge in [-0.2, -0.15) is 0 Å². The lowest BCUT2D eigenvalue weighted by Gasteiger charge is -2.34. The van der Waals surface area contributed by atoms with Gasteiger partial charge in [0.2, 0.25) is 0 Å². The fourth-order valence-corrected chi connectivity index (χ4v) is 4.28. The van der Waals surface area contributed by atoms with E-state index >= 15 is 0 Å². The number of hydrogen-bond acceptors (Lipinski definition) is 4. The summed E-state index contributed by atoms with van der Waals surface area (Å²) in [5.41, 5.74) is 1.37. The largest absolute Gasteiger partial charge is 0.466 e. The van der Waals surface area contributed by atoms with Crippen LogP contribution in [0.3, 0.4) is 0 Å². The maximum Gasteiger partial charge on any atom is 0.309 e. The number of carbonyl (C=O) groups is 1. The number of hydrogen-bond donors (Lipinski definition) is 1. The topological polar surface area (TPSA) is 57.2 Å². The van der Waals surface area contributed by atoms with Gasteiger partial charge in [0.1, 0.15) is 0 Å². The molecule has 6 nitrogen and oxygen atoms in total. The van der Waals surface area contributed by atoms with E-state index in [0.717, 1.165) is 51.5 Å². The highest BCUT2D eigenvalue weighted by Crippen LogP contribution is 2.21. The summed E-state index contributed by atoms with van der Waals surface area (Å²) in [6, 6.07) is 11.2. The molecule has 2 fully saturated rings. The van der Waals surface area contributed by atoms with E-state index in [1.807, 2.05) is 14.0 Å². The summed E-state index contributed by atoms with van der Waals surface area (Å²) in [6.07, 6.45) is 4.15. The van der Waals surface area contributed by atoms with Gasteiger partial charge in [-0.1, -0.05) is 30.3 Å². The zero-order valence-electron chi connectivity index (χ0n) is 17.3. The van der Waals surface area contributed by atoms with Gasteiger partial charge < -0.3 is 15.0 Å². The molecule has 1 N–H and O–H groups in total. The van der Waals surface area contributed by atoms with Gasteiger partial charge >= 0.3 is 5.97 Å². The van der Waals surface area contributed by atoms with Crippen molar-refractivity contribution in [2.45, 2.75) is 45.2 Å². The molecule has 2 saturated heterocycles. The SMILES string of the molecule is CCOC(=O)C1CCN(C(=NC)NCC2CCCN2Cc2ccccc2)CC1. The first-order chi connectivity index (χ1) is 13.7. The molecule has 0 radical (unpaired) electrons. The summed E-state index contributed by atoms with van der Waals surface area (Å²) >= 11 is 0. The van der Waals surface area contributed by atoms with Crippen molar-refractivity contribution in [3.63, 3.8) is 0 Å². The molecule has 2 aliphatic rings. The Kier molecular flexibility index (Phi) is 7.71. The lowest BCUT2D eigenvalue weighted by Crippen LogP contribution is -2.49. The molecule has 154 valence electrons. The van der Waals surface area contributed by atoms with Crippen LogP contribution in [0.1, 0.15) is 38.2 Å². The van der Waals surface area contributed by atoms with Gasteiger partial charge in [-0.3, -0.25) is 14.7 Å². The first kappa shape index (κ1) is 20.6. The molecule has 1 aromatic rings. The van der Waals surface area contributed by atoms with E-state index in [2.05, 4.69) is 50.4 Å². The van der Waals surface area contributed by atoms with Gasteiger partial charge in [0, 0.05) is 39.3 Å². The average Bonchev–Trinajstić information content (AvgIpc) is 3.17. The van der Waals surface area contributed by atoms with Crippen LogP contribution in [-0.2, 0) is 16.1 Å². The van der Waals surface area contributed by atoms with E-state index in [1.165, 1.54) is 18.4 Å². The highest BCUT2D eigenvalue weighted by molar-refractivity contribution is 5.80. The number of ether oxygens (including phenoxy) is 1. The van der Waals surface area contributed by atoms with Crippen molar-refractivity contribution in [2.24, 2.45) is 10.9 Å². The van der Waals surface area contributed by atoms with E-state index < -0.39 is 0 Å². The van der Waals surface area contributed by atoms with Crippen molar-refractivity contribution < 1.29 is 9.53 Å². The molecule has 1 aromatic carbocycles. The number of likely N-dealkylation sites (tertiary alicyclic amines) is 2. The van der Waals surface area contributed by atoms with Crippen LogP contribution in [0.2, 0.25) is 0 Å². The molecule has 3 rings (SSSR count). The van der Waals surface area contributed by atoms with Crippen LogP contribution < -0.4 is 5.32 Å². The molecule has 0 aromatic heterocycles. The Balaban J connectivity index is 1.47. The van der Waals surface area contributed by atoms with Gasteiger partial charge in [-0.05, 0) is 44.7 Å². The highest BCUT2D eigenvalue weighted by Gasteiger charge is 2.29. The van der Waals surface area contributed by atoms with E-state index in [0.29, 0.717) is 12.6 Å². The molecule has 6 heteroatoms. The first-order valence-electron chi connectivity index (χ1n) is 10.6. The van der Waals surface area contributed by atoms with Crippen LogP contribution in [0.4, 0.5) is 0 Å². The number of esters is 1. The van der Waals surface area contributed by atoms with E-state index in [4.69, 9.17) is 4.74 Å². The van der Waals surface area contributed by atoms with Gasteiger partial charge in [-0.25, -0.2) is 0 Å². The van der Waals surface area contributed by atoms with Crippen molar-refractivity contribution in [3.05, 3.63) is 35.9 Å². The minimum atomic E-state index is -0.0485. The second kappa shape index (κ2) is 10.5. The molecule has 0 spiro atoms. The van der Waals surface area contributed by atoms with E-state index in [-0.39, 0.29) is 11.9 Å². The minimum absolute atomic E-state index is 0.0329. The Morgan fingerprint density at radius 2 is 1.93 bits per heavy atom. The summed E-state index contributed by atoms with van der Waals surface area (Å²) in [6.45, 7) is 7.11. The number of nitrogens with zero attached hydrogens (tertiary/aromatic N) is 3. The molecule has 1 unspecified atom stereocenters. The molecule has 0 amide bonds. The predicted molar refractivity (Wildman–Crippen MR) is 112 cm³/mol. The Morgan fingerprint density at radius 3 is 2.61 bits per heavy atom. The summed E-state index contributed by atoms with van der Waals surface area (Å²) in [4.78, 5) is 21.3. The van der Waals surface area contributed by atoms with Crippen molar-refractivity contribution in [1.29, 1.82) is 0 Å². The number of carbonyl (C=O) groups excluding carboxylic acids is 1. The van der Waals surface area contributed by atoms with Gasteiger partial charge in [0.05, 0.1) is 12.5 Å². The standard InChI is InChI=1S/C22H34N4O2/c1-3-28-21(27)19-11-14-25(15-12-19)22(23-2)24-16-20-10-7-13-26(20)17-18-8-5-4-6-9-18/h4-6,8-9,19-20H,3,7,10-17H2,1-2H3,(H,23,24). The third-order valence-corrected chi connectivity index (χ3v) is 5.85. The predicted octanol–water partition coefficient (Wildman–Crippen LogP) is 2.50. The van der Waals surface area contributed by atoms with Gasteiger partial charge in [-0.15, -0.1) is 0 Å². The van der Waals surface area contributed by atoms with Crippen LogP contribution in [-0.4, -0.2) is 67.6 Å². The van der Waals surface area contributed by atoms with E-state index in [9.17, 15) is 4.79 Å². The molecule has 1 atom stereocenters. The molecular formula is C22H34N4O2. The van der Waals surface area contributed by atoms with Crippen LogP contribution in [0, 0.1) is 5.92 Å². The monoisotopic (exact) mass is 386 g/mol. The zero-order valence-corrected chi connectivity index (χ0v) is 17.3. The van der Waals surface area contributed by atoms with Gasteiger partial charge in [0.25, 0.3) is 0 Å². The number of nitrogens with one attached hydrogen (secondary N) is 1. The normalized spacial score (nSPS) is 21.7. The van der Waals surface area contributed by atoms with Crippen LogP contribution in [0.25, 0.3) is 0 Å². The van der Waals surface area contributed by atoms with Crippen LogP contribution >= 0.6 is 0 Å². The molecule has 2 heterocycles. The van der Waals surface area contributed by atoms with Crippen molar-refractivity contribution >= 4 is 11.9 Å². The molecule has 2 aliphatic heterocycles. The third kappa shape index (κ3) is 5.47. The average molecular weight is 387 g/mol. The maximum atomic E-state index is 11.9. The Hall–Kier alpha value is -2.08. The van der Waals surface area contributed by atoms with Crippen molar-refractivity contribution in [3.8, 4) is 0 Å². The first-order valence-corrected chi connectivity index (χ1v) is 10.6. The number of aliphatic imine (C=N–C) groups is 1. The smallest absolute Gasteiger partial charge is 0.309 e. The lowest BCUT2D eigenvalue weighted by atomic mass is 9.97. The number of benzene rings is 1.